The van der Waals surface area contributed by atoms with Gasteiger partial charge in [0.25, 0.3) is 17.7 Å². The molecule has 0 heterocycles. The summed E-state index contributed by atoms with van der Waals surface area (Å²) in [4.78, 5) is 36.4. The minimum atomic E-state index is -0.784. The van der Waals surface area contributed by atoms with Gasteiger partial charge >= 0.3 is 0 Å². The highest BCUT2D eigenvalue weighted by Crippen LogP contribution is 2.33. The first kappa shape index (κ1) is 29.9. The Morgan fingerprint density at radius 3 is 2.46 bits per heavy atom. The second-order valence-corrected chi connectivity index (χ2v) is 9.72. The monoisotopic (exact) mass is 624 g/mol. The molecule has 0 aliphatic carbocycles. The van der Waals surface area contributed by atoms with Crippen molar-refractivity contribution in [2.24, 2.45) is 16.8 Å². The molecule has 11 heteroatoms. The summed E-state index contributed by atoms with van der Waals surface area (Å²) in [7, 11) is 0. The van der Waals surface area contributed by atoms with Crippen LogP contribution < -0.4 is 30.7 Å². The van der Waals surface area contributed by atoms with Crippen molar-refractivity contribution in [3.8, 4) is 17.2 Å². The molecular weight excluding hydrogens is 591 g/mol. The summed E-state index contributed by atoms with van der Waals surface area (Å²) in [5.74, 6) is 0.124. The van der Waals surface area contributed by atoms with Crippen LogP contribution in [0.3, 0.4) is 0 Å². The molecule has 0 unspecified atom stereocenters. The lowest BCUT2D eigenvalue weighted by atomic mass is 10.0. The third-order valence-corrected chi connectivity index (χ3v) is 5.69. The van der Waals surface area contributed by atoms with Gasteiger partial charge in [0.05, 0.1) is 16.4 Å². The molecule has 0 bridgehead atoms. The molecule has 0 aromatic heterocycles. The topological polar surface area (TPSA) is 141 Å². The van der Waals surface area contributed by atoms with Gasteiger partial charge < -0.3 is 25.3 Å². The number of halogens is 1. The van der Waals surface area contributed by atoms with Crippen molar-refractivity contribution in [1.29, 1.82) is 0 Å². The lowest BCUT2D eigenvalue weighted by molar-refractivity contribution is -0.130. The molecule has 4 N–H and O–H groups in total. The Balaban J connectivity index is 2.04. The smallest absolute Gasteiger partial charge is 0.262 e. The number of benzene rings is 2. The van der Waals surface area contributed by atoms with Crippen LogP contribution in [-0.4, -0.2) is 49.8 Å². The molecule has 2 aromatic rings. The molecule has 2 aromatic carbocycles. The van der Waals surface area contributed by atoms with E-state index < -0.39 is 23.8 Å². The number of primary amides is 1. The number of carbonyl (C=O) groups excluding carboxylic acids is 3. The van der Waals surface area contributed by atoms with E-state index in [9.17, 15) is 14.4 Å². The Bertz CT molecular complexity index is 1120. The first-order chi connectivity index (χ1) is 17.6. The van der Waals surface area contributed by atoms with Gasteiger partial charge in [-0.25, -0.2) is 5.43 Å². The van der Waals surface area contributed by atoms with Crippen molar-refractivity contribution < 1.29 is 28.6 Å². The highest BCUT2D eigenvalue weighted by Gasteiger charge is 2.22. The van der Waals surface area contributed by atoms with Crippen LogP contribution in [-0.2, 0) is 14.4 Å². The second kappa shape index (κ2) is 15.0. The van der Waals surface area contributed by atoms with Crippen molar-refractivity contribution in [1.82, 2.24) is 10.7 Å². The number of nitrogens with zero attached hydrogens (tertiary/aromatic N) is 1. The van der Waals surface area contributed by atoms with Crippen LogP contribution in [0.15, 0.2) is 41.5 Å². The number of nitrogens with one attached hydrogen (secondary N) is 2. The van der Waals surface area contributed by atoms with Gasteiger partial charge in [-0.1, -0.05) is 32.0 Å². The van der Waals surface area contributed by atoms with Gasteiger partial charge in [-0.15, -0.1) is 0 Å². The van der Waals surface area contributed by atoms with E-state index in [1.165, 1.54) is 6.21 Å². The van der Waals surface area contributed by atoms with Crippen molar-refractivity contribution in [3.63, 3.8) is 0 Å². The van der Waals surface area contributed by atoms with Gasteiger partial charge in [-0.2, -0.15) is 5.10 Å². The predicted octanol–water partition coefficient (Wildman–Crippen LogP) is 2.92. The predicted molar refractivity (Wildman–Crippen MR) is 149 cm³/mol. The number of amides is 3. The van der Waals surface area contributed by atoms with Crippen LogP contribution in [0.5, 0.6) is 17.2 Å². The normalized spacial score (nSPS) is 11.7. The fourth-order valence-electron chi connectivity index (χ4n) is 3.26. The molecule has 0 saturated carbocycles. The van der Waals surface area contributed by atoms with Crippen LogP contribution >= 0.6 is 22.6 Å². The van der Waals surface area contributed by atoms with Gasteiger partial charge in [-0.05, 0) is 78.1 Å². The standard InChI is InChI=1S/C26H33IN4O6/c1-5-35-22-12-18(11-19(27)25(22)37-14-23(28)32)13-29-31-26(34)20(10-16(2)3)30-24(33)15-36-21-9-7-6-8-17(21)4/h6-9,11-13,16,20H,5,10,14-15H2,1-4H3,(H2,28,32)(H,30,33)(H,31,34)/b29-13-/t20-/m0/s1. The third-order valence-electron chi connectivity index (χ3n) is 4.89. The number of hydrazone groups is 1. The minimum absolute atomic E-state index is 0.153. The molecule has 0 aliphatic rings. The van der Waals surface area contributed by atoms with Crippen LogP contribution in [0, 0.1) is 16.4 Å². The number of rotatable bonds is 14. The average Bonchev–Trinajstić information content (AvgIpc) is 2.82. The fraction of sp³-hybridized carbons (Fsp3) is 0.385. The fourth-order valence-corrected chi connectivity index (χ4v) is 4.04. The molecule has 3 amide bonds. The Kier molecular flexibility index (Phi) is 12.1. The van der Waals surface area contributed by atoms with Crippen LogP contribution in [0.4, 0.5) is 0 Å². The molecular formula is C26H33IN4O6. The van der Waals surface area contributed by atoms with Gasteiger partial charge in [0, 0.05) is 0 Å². The lowest BCUT2D eigenvalue weighted by Crippen LogP contribution is -2.47. The van der Waals surface area contributed by atoms with Crippen molar-refractivity contribution in [2.75, 3.05) is 19.8 Å². The summed E-state index contributed by atoms with van der Waals surface area (Å²) in [6.07, 6.45) is 1.88. The largest absolute Gasteiger partial charge is 0.490 e. The Morgan fingerprint density at radius 2 is 1.81 bits per heavy atom. The maximum Gasteiger partial charge on any atom is 0.262 e. The third kappa shape index (κ3) is 10.3. The van der Waals surface area contributed by atoms with E-state index >= 15 is 0 Å². The summed E-state index contributed by atoms with van der Waals surface area (Å²) in [5.41, 5.74) is 9.21. The lowest BCUT2D eigenvalue weighted by Gasteiger charge is -2.19. The Labute approximate surface area is 230 Å². The summed E-state index contributed by atoms with van der Waals surface area (Å²) in [6, 6.07) is 10.0. The Hall–Kier alpha value is -3.35. The molecule has 2 rings (SSSR count). The number of ether oxygens (including phenoxy) is 3. The number of carbonyl (C=O) groups is 3. The molecule has 0 spiro atoms. The zero-order chi connectivity index (χ0) is 27.4. The van der Waals surface area contributed by atoms with E-state index in [2.05, 4.69) is 15.8 Å². The molecule has 37 heavy (non-hydrogen) atoms. The first-order valence-corrected chi connectivity index (χ1v) is 12.9. The van der Waals surface area contributed by atoms with E-state index in [1.54, 1.807) is 18.2 Å². The maximum atomic E-state index is 12.8. The van der Waals surface area contributed by atoms with Crippen molar-refractivity contribution in [3.05, 3.63) is 51.1 Å². The summed E-state index contributed by atoms with van der Waals surface area (Å²) >= 11 is 2.05. The molecule has 0 fully saturated rings. The van der Waals surface area contributed by atoms with Gasteiger partial charge in [0.1, 0.15) is 11.8 Å². The summed E-state index contributed by atoms with van der Waals surface area (Å²) in [5, 5.41) is 6.77. The Morgan fingerprint density at radius 1 is 1.08 bits per heavy atom. The number of aryl methyl sites for hydroxylation is 1. The molecule has 0 saturated heterocycles. The SMILES string of the molecule is CCOc1cc(/C=N\NC(=O)[C@H](CC(C)C)NC(=O)COc2ccccc2C)cc(I)c1OCC(N)=O. The molecule has 10 nitrogen and oxygen atoms in total. The van der Waals surface area contributed by atoms with Gasteiger partial charge in [0.2, 0.25) is 0 Å². The van der Waals surface area contributed by atoms with Crippen LogP contribution in [0.1, 0.15) is 38.3 Å². The highest BCUT2D eigenvalue weighted by atomic mass is 127. The molecule has 0 aliphatic heterocycles. The molecule has 1 atom stereocenters. The van der Waals surface area contributed by atoms with E-state index in [1.807, 2.05) is 68.5 Å². The molecule has 0 radical (unpaired) electrons. The van der Waals surface area contributed by atoms with Crippen molar-refractivity contribution >= 4 is 46.5 Å². The molecule has 200 valence electrons. The highest BCUT2D eigenvalue weighted by molar-refractivity contribution is 14.1. The maximum absolute atomic E-state index is 12.8. The zero-order valence-electron chi connectivity index (χ0n) is 21.4. The summed E-state index contributed by atoms with van der Waals surface area (Å²) < 4.78 is 17.3. The first-order valence-electron chi connectivity index (χ1n) is 11.8. The quantitative estimate of drug-likeness (QED) is 0.168. The van der Waals surface area contributed by atoms with Gasteiger partial charge in [0.15, 0.2) is 24.7 Å². The van der Waals surface area contributed by atoms with E-state index in [4.69, 9.17) is 19.9 Å². The van der Waals surface area contributed by atoms with Crippen LogP contribution in [0.2, 0.25) is 0 Å². The van der Waals surface area contributed by atoms with Crippen molar-refractivity contribution in [2.45, 2.75) is 40.2 Å². The number of para-hydroxylation sites is 1. The second-order valence-electron chi connectivity index (χ2n) is 8.56. The van der Waals surface area contributed by atoms with Crippen LogP contribution in [0.25, 0.3) is 0 Å². The van der Waals surface area contributed by atoms with E-state index in [0.717, 1.165) is 5.56 Å². The number of hydrogen-bond donors (Lipinski definition) is 3. The summed E-state index contributed by atoms with van der Waals surface area (Å²) in [6.45, 7) is 7.51. The van der Waals surface area contributed by atoms with E-state index in [0.29, 0.717) is 39.4 Å². The minimum Gasteiger partial charge on any atom is -0.490 e. The van der Waals surface area contributed by atoms with E-state index in [-0.39, 0.29) is 19.1 Å². The van der Waals surface area contributed by atoms with Gasteiger partial charge in [-0.3, -0.25) is 14.4 Å². The average molecular weight is 624 g/mol. The zero-order valence-corrected chi connectivity index (χ0v) is 23.5. The number of nitrogens with two attached hydrogens (primary N) is 1. The number of hydrogen-bond acceptors (Lipinski definition) is 7.